The maximum atomic E-state index is 11.3. The van der Waals surface area contributed by atoms with E-state index in [2.05, 4.69) is 0 Å². The van der Waals surface area contributed by atoms with E-state index < -0.39 is 23.5 Å². The SMILES string of the molecule is C[C@@H](C(=O)O)[C@H]1CC[C@](O)(CCl)[C@H]2CCC(C(=O)O)=C[C@H]12. The fraction of sp³-hybridized carbons (Fsp3) is 0.733. The molecule has 0 bridgehead atoms. The number of aliphatic hydroxyl groups is 1. The first-order valence-corrected chi connectivity index (χ1v) is 7.78. The van der Waals surface area contributed by atoms with Crippen LogP contribution >= 0.6 is 11.6 Å². The van der Waals surface area contributed by atoms with Gasteiger partial charge in [0, 0.05) is 5.57 Å². The smallest absolute Gasteiger partial charge is 0.331 e. The van der Waals surface area contributed by atoms with Gasteiger partial charge >= 0.3 is 11.9 Å². The molecular weight excluding hydrogens is 296 g/mol. The number of carbonyl (C=O) groups is 2. The zero-order chi connectivity index (χ0) is 15.8. The van der Waals surface area contributed by atoms with Crippen molar-refractivity contribution in [1.82, 2.24) is 0 Å². The lowest BCUT2D eigenvalue weighted by Gasteiger charge is -2.49. The van der Waals surface area contributed by atoms with Crippen LogP contribution < -0.4 is 0 Å². The minimum Gasteiger partial charge on any atom is -0.481 e. The Morgan fingerprint density at radius 3 is 2.62 bits per heavy atom. The Kier molecular flexibility index (Phi) is 4.63. The van der Waals surface area contributed by atoms with E-state index in [0.717, 1.165) is 0 Å². The van der Waals surface area contributed by atoms with Gasteiger partial charge in [0.25, 0.3) is 0 Å². The molecule has 1 fully saturated rings. The fourth-order valence-corrected chi connectivity index (χ4v) is 4.22. The van der Waals surface area contributed by atoms with E-state index in [1.807, 2.05) is 0 Å². The van der Waals surface area contributed by atoms with Crippen LogP contribution in [0.4, 0.5) is 0 Å². The molecule has 2 rings (SSSR count). The molecule has 118 valence electrons. The van der Waals surface area contributed by atoms with E-state index in [1.165, 1.54) is 0 Å². The molecule has 21 heavy (non-hydrogen) atoms. The first kappa shape index (κ1) is 16.3. The molecule has 3 N–H and O–H groups in total. The second-order valence-corrected chi connectivity index (χ2v) is 6.55. The van der Waals surface area contributed by atoms with Crippen LogP contribution in [-0.2, 0) is 9.59 Å². The Bertz CT molecular complexity index is 475. The summed E-state index contributed by atoms with van der Waals surface area (Å²) in [6.07, 6.45) is 3.60. The molecule has 0 aromatic heterocycles. The largest absolute Gasteiger partial charge is 0.481 e. The number of allylic oxidation sites excluding steroid dienone is 1. The van der Waals surface area contributed by atoms with Gasteiger partial charge in [0.2, 0.25) is 0 Å². The van der Waals surface area contributed by atoms with Crippen LogP contribution in [-0.4, -0.2) is 38.7 Å². The van der Waals surface area contributed by atoms with Crippen LogP contribution in [0.15, 0.2) is 11.6 Å². The third-order valence-corrected chi connectivity index (χ3v) is 5.68. The molecule has 0 radical (unpaired) electrons. The summed E-state index contributed by atoms with van der Waals surface area (Å²) >= 11 is 5.93. The first-order chi connectivity index (χ1) is 9.80. The van der Waals surface area contributed by atoms with Gasteiger partial charge in [0.15, 0.2) is 0 Å². The minimum absolute atomic E-state index is 0.0958. The number of carboxylic acids is 2. The number of carboxylic acid groups (broad SMARTS) is 2. The highest BCUT2D eigenvalue weighted by Crippen LogP contribution is 2.50. The van der Waals surface area contributed by atoms with Crippen LogP contribution in [0, 0.1) is 23.7 Å². The molecule has 0 aromatic carbocycles. The van der Waals surface area contributed by atoms with Gasteiger partial charge in [0.05, 0.1) is 17.4 Å². The average Bonchev–Trinajstić information content (AvgIpc) is 2.46. The van der Waals surface area contributed by atoms with E-state index in [1.54, 1.807) is 13.0 Å². The lowest BCUT2D eigenvalue weighted by Crippen LogP contribution is -2.52. The summed E-state index contributed by atoms with van der Waals surface area (Å²) in [6.45, 7) is 1.65. The maximum Gasteiger partial charge on any atom is 0.331 e. The number of aliphatic carboxylic acids is 2. The van der Waals surface area contributed by atoms with Crippen LogP contribution in [0.3, 0.4) is 0 Å². The first-order valence-electron chi connectivity index (χ1n) is 7.25. The number of halogens is 1. The van der Waals surface area contributed by atoms with Gasteiger partial charge < -0.3 is 15.3 Å². The summed E-state index contributed by atoms with van der Waals surface area (Å²) in [4.78, 5) is 22.5. The van der Waals surface area contributed by atoms with Crippen molar-refractivity contribution < 1.29 is 24.9 Å². The second kappa shape index (κ2) is 5.97. The summed E-state index contributed by atoms with van der Waals surface area (Å²) < 4.78 is 0. The molecule has 1 saturated carbocycles. The normalized spacial score (nSPS) is 37.3. The monoisotopic (exact) mass is 316 g/mol. The second-order valence-electron chi connectivity index (χ2n) is 6.29. The topological polar surface area (TPSA) is 94.8 Å². The number of hydrogen-bond donors (Lipinski definition) is 3. The summed E-state index contributed by atoms with van der Waals surface area (Å²) in [5, 5.41) is 29.1. The molecule has 0 amide bonds. The summed E-state index contributed by atoms with van der Waals surface area (Å²) in [6, 6.07) is 0. The van der Waals surface area contributed by atoms with Crippen molar-refractivity contribution in [3.8, 4) is 0 Å². The van der Waals surface area contributed by atoms with Crippen molar-refractivity contribution >= 4 is 23.5 Å². The summed E-state index contributed by atoms with van der Waals surface area (Å²) in [7, 11) is 0. The molecule has 6 heteroatoms. The Balaban J connectivity index is 2.37. The molecule has 5 nitrogen and oxygen atoms in total. The van der Waals surface area contributed by atoms with Crippen molar-refractivity contribution in [3.05, 3.63) is 11.6 Å². The Morgan fingerprint density at radius 1 is 1.43 bits per heavy atom. The molecule has 0 spiro atoms. The van der Waals surface area contributed by atoms with Crippen molar-refractivity contribution in [2.24, 2.45) is 23.7 Å². The molecular formula is C15H21ClO5. The van der Waals surface area contributed by atoms with E-state index in [4.69, 9.17) is 11.6 Å². The van der Waals surface area contributed by atoms with Gasteiger partial charge in [-0.05, 0) is 43.4 Å². The van der Waals surface area contributed by atoms with E-state index >= 15 is 0 Å². The average molecular weight is 317 g/mol. The van der Waals surface area contributed by atoms with Crippen molar-refractivity contribution in [2.75, 3.05) is 5.88 Å². The predicted octanol–water partition coefficient (Wildman–Crippen LogP) is 2.12. The highest BCUT2D eigenvalue weighted by Gasteiger charge is 2.50. The van der Waals surface area contributed by atoms with E-state index in [-0.39, 0.29) is 23.6 Å². The lowest BCUT2D eigenvalue weighted by molar-refractivity contribution is -0.147. The number of fused-ring (bicyclic) bond motifs is 1. The number of rotatable bonds is 4. The summed E-state index contributed by atoms with van der Waals surface area (Å²) in [5.41, 5.74) is -0.709. The Hall–Kier alpha value is -1.07. The van der Waals surface area contributed by atoms with Gasteiger partial charge in [-0.1, -0.05) is 13.0 Å². The molecule has 0 unspecified atom stereocenters. The fourth-order valence-electron chi connectivity index (χ4n) is 3.89. The molecule has 0 saturated heterocycles. The molecule has 2 aliphatic carbocycles. The van der Waals surface area contributed by atoms with E-state index in [9.17, 15) is 24.9 Å². The van der Waals surface area contributed by atoms with Gasteiger partial charge in [-0.25, -0.2) is 4.79 Å². The van der Waals surface area contributed by atoms with Crippen LogP contribution in [0.1, 0.15) is 32.6 Å². The highest BCUT2D eigenvalue weighted by atomic mass is 35.5. The maximum absolute atomic E-state index is 11.3. The van der Waals surface area contributed by atoms with Gasteiger partial charge in [-0.15, -0.1) is 11.6 Å². The Morgan fingerprint density at radius 2 is 2.10 bits per heavy atom. The van der Waals surface area contributed by atoms with Crippen LogP contribution in [0.5, 0.6) is 0 Å². The van der Waals surface area contributed by atoms with Crippen LogP contribution in [0.25, 0.3) is 0 Å². The molecule has 0 aromatic rings. The van der Waals surface area contributed by atoms with Gasteiger partial charge in [-0.2, -0.15) is 0 Å². The third-order valence-electron chi connectivity index (χ3n) is 5.22. The molecule has 0 heterocycles. The quantitative estimate of drug-likeness (QED) is 0.691. The standard InChI is InChI=1S/C15H21ClO5/c1-8(13(17)18)10-4-5-15(21,7-16)12-3-2-9(14(19)20)6-11(10)12/h6,8,10-12,21H,2-5,7H2,1H3,(H,17,18)(H,19,20)/t8-,10-,11-,12+,15+/m1/s1. The summed E-state index contributed by atoms with van der Waals surface area (Å²) in [5.74, 6) is -2.89. The number of hydrogen-bond acceptors (Lipinski definition) is 3. The van der Waals surface area contributed by atoms with Gasteiger partial charge in [-0.3, -0.25) is 4.79 Å². The van der Waals surface area contributed by atoms with Crippen molar-refractivity contribution in [1.29, 1.82) is 0 Å². The molecule has 0 aliphatic heterocycles. The number of alkyl halides is 1. The van der Waals surface area contributed by atoms with Crippen molar-refractivity contribution in [2.45, 2.75) is 38.2 Å². The lowest BCUT2D eigenvalue weighted by atomic mass is 9.58. The third kappa shape index (κ3) is 2.94. The molecule has 5 atom stereocenters. The zero-order valence-electron chi connectivity index (χ0n) is 12.0. The van der Waals surface area contributed by atoms with E-state index in [0.29, 0.717) is 31.3 Å². The van der Waals surface area contributed by atoms with Crippen molar-refractivity contribution in [3.63, 3.8) is 0 Å². The predicted molar refractivity (Wildman–Crippen MR) is 77.1 cm³/mol. The minimum atomic E-state index is -1.03. The van der Waals surface area contributed by atoms with Crippen LogP contribution in [0.2, 0.25) is 0 Å². The Labute approximate surface area is 128 Å². The highest BCUT2D eigenvalue weighted by molar-refractivity contribution is 6.18. The zero-order valence-corrected chi connectivity index (χ0v) is 12.7. The van der Waals surface area contributed by atoms with Gasteiger partial charge in [0.1, 0.15) is 0 Å². The molecule has 2 aliphatic rings.